The maximum Gasteiger partial charge on any atom is 0.252 e. The molecule has 2 aromatic heterocycles. The number of carbonyl (C=O) groups is 2. The summed E-state index contributed by atoms with van der Waals surface area (Å²) in [6.07, 6.45) is 14.3. The molecule has 3 saturated carbocycles. The summed E-state index contributed by atoms with van der Waals surface area (Å²) in [5.74, 6) is 2.97. The lowest BCUT2D eigenvalue weighted by Crippen LogP contribution is -2.28. The van der Waals surface area contributed by atoms with E-state index in [9.17, 15) is 9.59 Å². The molecule has 4 aliphatic carbocycles. The number of amides is 1. The first-order valence-corrected chi connectivity index (χ1v) is 13.2. The van der Waals surface area contributed by atoms with Crippen molar-refractivity contribution in [3.8, 4) is 0 Å². The second kappa shape index (κ2) is 8.32. The molecule has 0 aromatic carbocycles. The Balaban J connectivity index is 1.25. The van der Waals surface area contributed by atoms with Crippen LogP contribution in [0.2, 0.25) is 0 Å². The molecule has 6 nitrogen and oxygen atoms in total. The highest BCUT2D eigenvalue weighted by atomic mass is 32.1. The van der Waals surface area contributed by atoms with E-state index in [2.05, 4.69) is 26.4 Å². The predicted octanol–water partition coefficient (Wildman–Crippen LogP) is 4.16. The second-order valence-electron chi connectivity index (χ2n) is 10.3. The van der Waals surface area contributed by atoms with Gasteiger partial charge in [-0.3, -0.25) is 9.59 Å². The van der Waals surface area contributed by atoms with Crippen molar-refractivity contribution < 1.29 is 9.59 Å². The molecule has 3 fully saturated rings. The molecule has 170 valence electrons. The lowest BCUT2D eigenvalue weighted by atomic mass is 9.90. The largest absolute Gasteiger partial charge is 0.355 e. The quantitative estimate of drug-likeness (QED) is 0.568. The molecule has 2 N–H and O–H groups in total. The molecule has 2 aromatic rings. The molecule has 32 heavy (non-hydrogen) atoms. The Hall–Kier alpha value is -2.15. The molecule has 1 amide bonds. The number of carbonyl (C=O) groups excluding carboxylic acids is 2. The van der Waals surface area contributed by atoms with Crippen LogP contribution in [0.3, 0.4) is 0 Å². The van der Waals surface area contributed by atoms with Crippen LogP contribution in [-0.2, 0) is 24.1 Å². The Kier molecular flexibility index (Phi) is 5.32. The van der Waals surface area contributed by atoms with Crippen LogP contribution in [0, 0.1) is 17.8 Å². The predicted molar refractivity (Wildman–Crippen MR) is 125 cm³/mol. The third kappa shape index (κ3) is 4.36. The third-order valence-electron chi connectivity index (χ3n) is 7.46. The first-order valence-electron chi connectivity index (χ1n) is 12.4. The molecule has 0 saturated heterocycles. The molecule has 2 heterocycles. The van der Waals surface area contributed by atoms with Crippen LogP contribution in [0.4, 0.5) is 5.95 Å². The maximum atomic E-state index is 13.3. The number of imidazole rings is 1. The van der Waals surface area contributed by atoms with Gasteiger partial charge in [0.1, 0.15) is 5.78 Å². The minimum atomic E-state index is 0.0337. The number of hydrogen-bond donors (Lipinski definition) is 2. The van der Waals surface area contributed by atoms with Gasteiger partial charge in [0.2, 0.25) is 5.95 Å². The van der Waals surface area contributed by atoms with Crippen LogP contribution in [-0.4, -0.2) is 34.3 Å². The monoisotopic (exact) mass is 452 g/mol. The van der Waals surface area contributed by atoms with Crippen LogP contribution in [0.1, 0.15) is 76.7 Å². The van der Waals surface area contributed by atoms with Gasteiger partial charge in [-0.05, 0) is 75.2 Å². The number of nitrogens with one attached hydrogen (secondary N) is 2. The van der Waals surface area contributed by atoms with Crippen molar-refractivity contribution in [2.45, 2.75) is 70.3 Å². The first kappa shape index (κ1) is 20.5. The zero-order valence-corrected chi connectivity index (χ0v) is 19.4. The average molecular weight is 453 g/mol. The van der Waals surface area contributed by atoms with Crippen molar-refractivity contribution in [1.29, 1.82) is 0 Å². The van der Waals surface area contributed by atoms with Gasteiger partial charge in [0, 0.05) is 53.6 Å². The number of hydrogen-bond acceptors (Lipinski definition) is 5. The summed E-state index contributed by atoms with van der Waals surface area (Å²) >= 11 is 1.72. The maximum absolute atomic E-state index is 13.3. The number of nitrogens with zero attached hydrogens (tertiary/aromatic N) is 2. The second-order valence-corrected chi connectivity index (χ2v) is 11.4. The molecule has 0 unspecified atom stereocenters. The molecule has 0 spiro atoms. The molecule has 1 atom stereocenters. The van der Waals surface area contributed by atoms with E-state index in [0.717, 1.165) is 67.5 Å². The Morgan fingerprint density at radius 1 is 1.06 bits per heavy atom. The minimum absolute atomic E-state index is 0.0337. The zero-order chi connectivity index (χ0) is 21.7. The summed E-state index contributed by atoms with van der Waals surface area (Å²) in [7, 11) is 0. The van der Waals surface area contributed by atoms with Gasteiger partial charge < -0.3 is 15.2 Å². The summed E-state index contributed by atoms with van der Waals surface area (Å²) in [6.45, 7) is 1.76. The summed E-state index contributed by atoms with van der Waals surface area (Å²) in [5.41, 5.74) is 2.00. The molecule has 7 heteroatoms. The minimum Gasteiger partial charge on any atom is -0.355 e. The fourth-order valence-corrected chi connectivity index (χ4v) is 6.26. The zero-order valence-electron chi connectivity index (χ0n) is 18.6. The van der Waals surface area contributed by atoms with Crippen molar-refractivity contribution >= 4 is 29.0 Å². The van der Waals surface area contributed by atoms with Crippen molar-refractivity contribution in [2.24, 2.45) is 17.8 Å². The Bertz CT molecular complexity index is 1030. The number of anilines is 1. The van der Waals surface area contributed by atoms with Gasteiger partial charge in [-0.25, -0.2) is 4.98 Å². The molecule has 0 aliphatic heterocycles. The topological polar surface area (TPSA) is 76.0 Å². The lowest BCUT2D eigenvalue weighted by Gasteiger charge is -2.26. The van der Waals surface area contributed by atoms with Gasteiger partial charge >= 0.3 is 0 Å². The van der Waals surface area contributed by atoms with Crippen LogP contribution in [0.5, 0.6) is 0 Å². The highest BCUT2D eigenvalue weighted by molar-refractivity contribution is 7.12. The van der Waals surface area contributed by atoms with Gasteiger partial charge in [-0.15, -0.1) is 11.3 Å². The van der Waals surface area contributed by atoms with Gasteiger partial charge in [0.05, 0.1) is 5.56 Å². The molecule has 0 bridgehead atoms. The number of rotatable bonds is 10. The summed E-state index contributed by atoms with van der Waals surface area (Å²) in [5, 5.41) is 6.72. The molecule has 4 aliphatic rings. The highest BCUT2D eigenvalue weighted by Crippen LogP contribution is 2.41. The number of aromatic nitrogens is 2. The van der Waals surface area contributed by atoms with E-state index in [1.807, 2.05) is 6.20 Å². The van der Waals surface area contributed by atoms with E-state index < -0.39 is 0 Å². The van der Waals surface area contributed by atoms with E-state index in [1.165, 1.54) is 36.1 Å². The van der Waals surface area contributed by atoms with Crippen LogP contribution in [0.15, 0.2) is 12.4 Å². The summed E-state index contributed by atoms with van der Waals surface area (Å²) in [4.78, 5) is 32.8. The smallest absolute Gasteiger partial charge is 0.252 e. The SMILES string of the molecule is O=C(NCC1CC1)c1c(CC(=O)C2CC2)sc2c1C[C@@H](n1ccnc1NCC1CC1)CC2. The van der Waals surface area contributed by atoms with E-state index in [4.69, 9.17) is 0 Å². The lowest BCUT2D eigenvalue weighted by molar-refractivity contribution is -0.119. The van der Waals surface area contributed by atoms with Crippen LogP contribution >= 0.6 is 11.3 Å². The molecular formula is C25H32N4O2S. The normalized spacial score (nSPS) is 22.4. The fourth-order valence-electron chi connectivity index (χ4n) is 4.91. The van der Waals surface area contributed by atoms with Gasteiger partial charge in [-0.2, -0.15) is 0 Å². The summed E-state index contributed by atoms with van der Waals surface area (Å²) in [6, 6.07) is 0.295. The number of aryl methyl sites for hydroxylation is 1. The van der Waals surface area contributed by atoms with Gasteiger partial charge in [0.25, 0.3) is 5.91 Å². The molecule has 6 rings (SSSR count). The Morgan fingerprint density at radius 2 is 1.84 bits per heavy atom. The molecule has 0 radical (unpaired) electrons. The van der Waals surface area contributed by atoms with Gasteiger partial charge in [-0.1, -0.05) is 0 Å². The van der Waals surface area contributed by atoms with E-state index >= 15 is 0 Å². The van der Waals surface area contributed by atoms with E-state index in [0.29, 0.717) is 24.2 Å². The Labute approximate surface area is 193 Å². The number of ketones is 1. The van der Waals surface area contributed by atoms with Crippen molar-refractivity contribution in [3.63, 3.8) is 0 Å². The van der Waals surface area contributed by atoms with E-state index in [1.54, 1.807) is 11.3 Å². The van der Waals surface area contributed by atoms with Crippen LogP contribution < -0.4 is 10.6 Å². The third-order valence-corrected chi connectivity index (χ3v) is 8.75. The molecular weight excluding hydrogens is 420 g/mol. The van der Waals surface area contributed by atoms with Crippen molar-refractivity contribution in [1.82, 2.24) is 14.9 Å². The van der Waals surface area contributed by atoms with Crippen molar-refractivity contribution in [3.05, 3.63) is 33.3 Å². The van der Waals surface area contributed by atoms with Gasteiger partial charge in [0.15, 0.2) is 0 Å². The Morgan fingerprint density at radius 3 is 2.59 bits per heavy atom. The highest BCUT2D eigenvalue weighted by Gasteiger charge is 2.35. The number of fused-ring (bicyclic) bond motifs is 1. The summed E-state index contributed by atoms with van der Waals surface area (Å²) < 4.78 is 2.27. The van der Waals surface area contributed by atoms with Crippen molar-refractivity contribution in [2.75, 3.05) is 18.4 Å². The van der Waals surface area contributed by atoms with Crippen LogP contribution in [0.25, 0.3) is 0 Å². The first-order chi connectivity index (χ1) is 15.7. The standard InChI is InChI=1S/C25H32N4O2S/c30-20(17-5-6-17)12-22-23(24(31)27-13-15-1-2-15)19-11-18(7-8-21(19)32-22)29-10-9-26-25(29)28-14-16-3-4-16/h9-10,15-18H,1-8,11-14H2,(H,26,28)(H,27,31)/t18-/m0/s1. The number of thiophene rings is 1. The fraction of sp³-hybridized carbons (Fsp3) is 0.640. The van der Waals surface area contributed by atoms with E-state index in [-0.39, 0.29) is 11.8 Å². The number of Topliss-reactive ketones (excluding diaryl/α,β-unsaturated/α-hetero) is 1. The average Bonchev–Trinajstić information content (AvgIpc) is 3.67.